The van der Waals surface area contributed by atoms with E-state index in [1.165, 1.54) is 22.2 Å². The number of likely N-dealkylation sites (N-methyl/N-ethyl adjacent to an activating group) is 1. The van der Waals surface area contributed by atoms with Gasteiger partial charge >= 0.3 is 0 Å². The van der Waals surface area contributed by atoms with Gasteiger partial charge in [0.15, 0.2) is 0 Å². The van der Waals surface area contributed by atoms with Crippen molar-refractivity contribution >= 4 is 43.4 Å². The third kappa shape index (κ3) is 2.97. The van der Waals surface area contributed by atoms with Crippen molar-refractivity contribution in [3.8, 4) is 0 Å². The van der Waals surface area contributed by atoms with E-state index in [1.54, 1.807) is 18.0 Å². The molecule has 4 aromatic rings. The van der Waals surface area contributed by atoms with Crippen molar-refractivity contribution in [1.82, 2.24) is 14.5 Å². The number of hydrogen-bond donors (Lipinski definition) is 0. The molecule has 7 heteroatoms. The van der Waals surface area contributed by atoms with Crippen LogP contribution in [0.15, 0.2) is 53.7 Å². The molecule has 0 fully saturated rings. The Morgan fingerprint density at radius 1 is 1.25 bits per heavy atom. The van der Waals surface area contributed by atoms with Crippen LogP contribution in [0.2, 0.25) is 0 Å². The first-order valence-corrected chi connectivity index (χ1v) is 9.95. The highest BCUT2D eigenvalue weighted by molar-refractivity contribution is 7.25. The minimum Gasteiger partial charge on any atom is -0.311 e. The van der Waals surface area contributed by atoms with E-state index in [9.17, 15) is 9.59 Å². The Labute approximate surface area is 166 Å². The zero-order valence-corrected chi connectivity index (χ0v) is 16.7. The largest absolute Gasteiger partial charge is 0.311 e. The van der Waals surface area contributed by atoms with Crippen LogP contribution in [-0.4, -0.2) is 27.0 Å². The minimum absolute atomic E-state index is 0.143. The van der Waals surface area contributed by atoms with Crippen LogP contribution in [0.3, 0.4) is 0 Å². The summed E-state index contributed by atoms with van der Waals surface area (Å²) in [7, 11) is 0. The molecule has 6 nitrogen and oxygen atoms in total. The summed E-state index contributed by atoms with van der Waals surface area (Å²) < 4.78 is 1.94. The molecule has 0 aliphatic rings. The number of amides is 1. The van der Waals surface area contributed by atoms with Crippen molar-refractivity contribution in [2.24, 2.45) is 0 Å². The van der Waals surface area contributed by atoms with E-state index >= 15 is 0 Å². The Kier molecular flexibility index (Phi) is 4.68. The van der Waals surface area contributed by atoms with Gasteiger partial charge in [-0.05, 0) is 50.6 Å². The number of nitrogens with zero attached hydrogens (tertiary/aromatic N) is 4. The fraction of sp³-hybridized carbons (Fsp3) is 0.238. The van der Waals surface area contributed by atoms with Crippen LogP contribution in [0.5, 0.6) is 0 Å². The minimum atomic E-state index is -0.664. The van der Waals surface area contributed by atoms with Crippen molar-refractivity contribution in [2.45, 2.75) is 26.8 Å². The fourth-order valence-electron chi connectivity index (χ4n) is 3.36. The third-order valence-electron chi connectivity index (χ3n) is 4.85. The molecule has 0 aliphatic heterocycles. The predicted octanol–water partition coefficient (Wildman–Crippen LogP) is 3.93. The van der Waals surface area contributed by atoms with Crippen LogP contribution in [0.1, 0.15) is 25.5 Å². The van der Waals surface area contributed by atoms with E-state index in [-0.39, 0.29) is 11.5 Å². The molecule has 0 unspecified atom stereocenters. The number of rotatable bonds is 4. The van der Waals surface area contributed by atoms with Gasteiger partial charge in [-0.25, -0.2) is 9.97 Å². The highest BCUT2D eigenvalue weighted by Gasteiger charge is 2.24. The maximum atomic E-state index is 13.2. The fourth-order valence-corrected chi connectivity index (χ4v) is 4.40. The van der Waals surface area contributed by atoms with Crippen LogP contribution in [-0.2, 0) is 4.79 Å². The number of pyridine rings is 1. The zero-order chi connectivity index (χ0) is 19.8. The number of aromatic nitrogens is 3. The monoisotopic (exact) mass is 392 g/mol. The zero-order valence-electron chi connectivity index (χ0n) is 15.9. The van der Waals surface area contributed by atoms with Crippen molar-refractivity contribution < 1.29 is 4.79 Å². The maximum absolute atomic E-state index is 13.2. The Hall–Kier alpha value is -3.06. The number of carbonyl (C=O) groups excluding carboxylic acids is 1. The molecule has 0 bridgehead atoms. The van der Waals surface area contributed by atoms with Crippen molar-refractivity contribution in [3.05, 3.63) is 64.8 Å². The van der Waals surface area contributed by atoms with Crippen LogP contribution in [0.4, 0.5) is 5.69 Å². The van der Waals surface area contributed by atoms with Gasteiger partial charge in [0.25, 0.3) is 5.56 Å². The Morgan fingerprint density at radius 2 is 2.07 bits per heavy atom. The van der Waals surface area contributed by atoms with Gasteiger partial charge in [-0.1, -0.05) is 12.1 Å². The smallest absolute Gasteiger partial charge is 0.272 e. The van der Waals surface area contributed by atoms with Crippen molar-refractivity contribution in [3.63, 3.8) is 0 Å². The van der Waals surface area contributed by atoms with Gasteiger partial charge in [-0.2, -0.15) is 0 Å². The summed E-state index contributed by atoms with van der Waals surface area (Å²) in [5, 5.41) is 0.862. The van der Waals surface area contributed by atoms with Crippen LogP contribution in [0, 0.1) is 6.92 Å². The Balaban J connectivity index is 1.76. The lowest BCUT2D eigenvalue weighted by Gasteiger charge is -2.25. The summed E-state index contributed by atoms with van der Waals surface area (Å²) in [6.45, 7) is 6.17. The molecule has 3 aromatic heterocycles. The van der Waals surface area contributed by atoms with Gasteiger partial charge < -0.3 is 4.90 Å². The highest BCUT2D eigenvalue weighted by atomic mass is 32.1. The molecule has 142 valence electrons. The topological polar surface area (TPSA) is 68.1 Å². The predicted molar refractivity (Wildman–Crippen MR) is 113 cm³/mol. The van der Waals surface area contributed by atoms with E-state index in [0.29, 0.717) is 16.8 Å². The van der Waals surface area contributed by atoms with E-state index in [4.69, 9.17) is 0 Å². The summed E-state index contributed by atoms with van der Waals surface area (Å²) in [5.74, 6) is -0.143. The van der Waals surface area contributed by atoms with Gasteiger partial charge in [0.05, 0.1) is 11.8 Å². The van der Waals surface area contributed by atoms with Gasteiger partial charge in [0.2, 0.25) is 5.91 Å². The number of benzene rings is 1. The molecule has 3 heterocycles. The maximum Gasteiger partial charge on any atom is 0.272 e. The molecule has 28 heavy (non-hydrogen) atoms. The van der Waals surface area contributed by atoms with Gasteiger partial charge in [0, 0.05) is 23.8 Å². The second kappa shape index (κ2) is 7.16. The Bertz CT molecular complexity index is 1240. The lowest BCUT2D eigenvalue weighted by molar-refractivity contribution is -0.121. The molecule has 4 rings (SSSR count). The second-order valence-electron chi connectivity index (χ2n) is 6.69. The molecular weight excluding hydrogens is 372 g/mol. The van der Waals surface area contributed by atoms with E-state index < -0.39 is 6.04 Å². The second-order valence-corrected chi connectivity index (χ2v) is 7.69. The summed E-state index contributed by atoms with van der Waals surface area (Å²) in [5.41, 5.74) is 2.33. The average Bonchev–Trinajstić information content (AvgIpc) is 3.08. The number of hydrogen-bond acceptors (Lipinski definition) is 5. The van der Waals surface area contributed by atoms with Crippen molar-refractivity contribution in [1.29, 1.82) is 0 Å². The number of aryl methyl sites for hydroxylation is 1. The molecule has 1 atom stereocenters. The van der Waals surface area contributed by atoms with Crippen LogP contribution in [0.25, 0.3) is 20.4 Å². The Morgan fingerprint density at radius 3 is 2.82 bits per heavy atom. The first-order chi connectivity index (χ1) is 13.5. The van der Waals surface area contributed by atoms with Crippen LogP contribution >= 0.6 is 11.3 Å². The van der Waals surface area contributed by atoms with Crippen molar-refractivity contribution in [2.75, 3.05) is 11.4 Å². The summed E-state index contributed by atoms with van der Waals surface area (Å²) in [6, 6.07) is 10.9. The first-order valence-electron chi connectivity index (χ1n) is 9.13. The quantitative estimate of drug-likeness (QED) is 0.528. The summed E-state index contributed by atoms with van der Waals surface area (Å²) in [6.07, 6.45) is 3.17. The number of carbonyl (C=O) groups is 1. The SMILES string of the molecule is CCN(C(=O)[C@H](C)n1cnc2c(sc3ncccc32)c1=O)c1cccc(C)c1. The van der Waals surface area contributed by atoms with E-state index in [2.05, 4.69) is 9.97 Å². The standard InChI is InChI=1S/C21H20N4O2S/c1-4-24(15-8-5-7-13(2)11-15)20(26)14(3)25-12-23-17-16-9-6-10-22-19(16)28-18(17)21(25)27/h5-12,14H,4H2,1-3H3/t14-/m0/s1. The number of anilines is 1. The van der Waals surface area contributed by atoms with Gasteiger partial charge in [0.1, 0.15) is 15.6 Å². The normalized spacial score (nSPS) is 12.4. The van der Waals surface area contributed by atoms with E-state index in [1.807, 2.05) is 50.2 Å². The number of thiophene rings is 1. The average molecular weight is 392 g/mol. The molecule has 0 aliphatic carbocycles. The molecule has 0 saturated heterocycles. The van der Waals surface area contributed by atoms with E-state index in [0.717, 1.165) is 21.5 Å². The lowest BCUT2D eigenvalue weighted by Crippen LogP contribution is -2.39. The molecule has 0 saturated carbocycles. The van der Waals surface area contributed by atoms with Crippen LogP contribution < -0.4 is 10.5 Å². The summed E-state index contributed by atoms with van der Waals surface area (Å²) >= 11 is 1.31. The lowest BCUT2D eigenvalue weighted by atomic mass is 10.2. The number of fused-ring (bicyclic) bond motifs is 3. The third-order valence-corrected chi connectivity index (χ3v) is 5.94. The highest BCUT2D eigenvalue weighted by Crippen LogP contribution is 2.28. The molecule has 0 radical (unpaired) electrons. The molecule has 1 aromatic carbocycles. The van der Waals surface area contributed by atoms with Gasteiger partial charge in [-0.15, -0.1) is 11.3 Å². The summed E-state index contributed by atoms with van der Waals surface area (Å²) in [4.78, 5) is 37.5. The first kappa shape index (κ1) is 18.3. The molecule has 1 amide bonds. The van der Waals surface area contributed by atoms with Gasteiger partial charge in [-0.3, -0.25) is 14.2 Å². The molecule has 0 spiro atoms. The molecule has 0 N–H and O–H groups in total. The molecular formula is C21H20N4O2S.